The third-order valence-electron chi connectivity index (χ3n) is 2.65. The standard InChI is InChI=1S/C11H18N2/c1-9(2)5-11(10(3)4)6-12-8-13-7-11/h6,8,10H,1,5,7H2,2-4H3. The number of rotatable bonds is 3. The quantitative estimate of drug-likeness (QED) is 0.594. The molecule has 0 N–H and O–H groups in total. The molecule has 2 heteroatoms. The Kier molecular flexibility index (Phi) is 3.02. The van der Waals surface area contributed by atoms with Crippen LogP contribution in [0.4, 0.5) is 0 Å². The van der Waals surface area contributed by atoms with Crippen LogP contribution in [0.3, 0.4) is 0 Å². The fourth-order valence-electron chi connectivity index (χ4n) is 1.68. The first-order valence-corrected chi connectivity index (χ1v) is 4.74. The van der Waals surface area contributed by atoms with Crippen molar-refractivity contribution in [1.82, 2.24) is 0 Å². The van der Waals surface area contributed by atoms with Crippen LogP contribution in [0.2, 0.25) is 0 Å². The summed E-state index contributed by atoms with van der Waals surface area (Å²) in [6.45, 7) is 11.3. The smallest absolute Gasteiger partial charge is 0.109 e. The van der Waals surface area contributed by atoms with Gasteiger partial charge in [-0.1, -0.05) is 19.4 Å². The monoisotopic (exact) mass is 178 g/mol. The van der Waals surface area contributed by atoms with Crippen molar-refractivity contribution in [2.24, 2.45) is 21.3 Å². The fraction of sp³-hybridized carbons (Fsp3) is 0.636. The van der Waals surface area contributed by atoms with Gasteiger partial charge in [-0.25, -0.2) is 4.99 Å². The molecule has 0 bridgehead atoms. The average Bonchev–Trinajstić information content (AvgIpc) is 2.04. The molecule has 0 saturated heterocycles. The van der Waals surface area contributed by atoms with Gasteiger partial charge in [0.25, 0.3) is 0 Å². The third-order valence-corrected chi connectivity index (χ3v) is 2.65. The zero-order valence-corrected chi connectivity index (χ0v) is 8.75. The molecule has 0 aromatic carbocycles. The van der Waals surface area contributed by atoms with Crippen molar-refractivity contribution in [3.8, 4) is 0 Å². The molecule has 1 aliphatic rings. The lowest BCUT2D eigenvalue weighted by Crippen LogP contribution is -2.34. The van der Waals surface area contributed by atoms with E-state index in [1.165, 1.54) is 5.57 Å². The summed E-state index contributed by atoms with van der Waals surface area (Å²) in [5, 5.41) is 0. The molecule has 13 heavy (non-hydrogen) atoms. The lowest BCUT2D eigenvalue weighted by molar-refractivity contribution is 0.310. The number of nitrogens with zero attached hydrogens (tertiary/aromatic N) is 2. The van der Waals surface area contributed by atoms with Crippen molar-refractivity contribution in [3.05, 3.63) is 12.2 Å². The van der Waals surface area contributed by atoms with Crippen LogP contribution in [-0.2, 0) is 0 Å². The van der Waals surface area contributed by atoms with Gasteiger partial charge in [-0.15, -0.1) is 6.58 Å². The molecule has 72 valence electrons. The van der Waals surface area contributed by atoms with Crippen LogP contribution in [-0.4, -0.2) is 19.1 Å². The molecular weight excluding hydrogens is 160 g/mol. The Hall–Kier alpha value is -0.920. The molecule has 0 aromatic heterocycles. The second-order valence-corrected chi connectivity index (χ2v) is 4.26. The van der Waals surface area contributed by atoms with E-state index in [-0.39, 0.29) is 5.41 Å². The molecule has 0 amide bonds. The second-order valence-electron chi connectivity index (χ2n) is 4.26. The number of hydrogen-bond acceptors (Lipinski definition) is 2. The van der Waals surface area contributed by atoms with Gasteiger partial charge in [0.1, 0.15) is 6.34 Å². The molecule has 0 aromatic rings. The number of allylic oxidation sites excluding steroid dienone is 1. The Morgan fingerprint density at radius 3 is 2.69 bits per heavy atom. The minimum atomic E-state index is 0.112. The predicted octanol–water partition coefficient (Wildman–Crippen LogP) is 2.71. The zero-order chi connectivity index (χ0) is 9.90. The maximum Gasteiger partial charge on any atom is 0.109 e. The maximum atomic E-state index is 4.24. The van der Waals surface area contributed by atoms with E-state index in [1.807, 2.05) is 6.21 Å². The first kappa shape index (κ1) is 10.2. The van der Waals surface area contributed by atoms with E-state index in [1.54, 1.807) is 6.34 Å². The highest BCUT2D eigenvalue weighted by Crippen LogP contribution is 2.33. The first-order valence-electron chi connectivity index (χ1n) is 4.74. The Morgan fingerprint density at radius 2 is 2.31 bits per heavy atom. The summed E-state index contributed by atoms with van der Waals surface area (Å²) >= 11 is 0. The molecule has 0 spiro atoms. The largest absolute Gasteiger partial charge is 0.273 e. The SMILES string of the molecule is C=C(C)CC1(C(C)C)C=NC=NC1. The third kappa shape index (κ3) is 2.27. The van der Waals surface area contributed by atoms with Crippen LogP contribution >= 0.6 is 0 Å². The van der Waals surface area contributed by atoms with E-state index < -0.39 is 0 Å². The lowest BCUT2D eigenvalue weighted by atomic mass is 9.73. The van der Waals surface area contributed by atoms with Gasteiger partial charge in [0.2, 0.25) is 0 Å². The van der Waals surface area contributed by atoms with Gasteiger partial charge in [-0.3, -0.25) is 4.99 Å². The fourth-order valence-corrected chi connectivity index (χ4v) is 1.68. The highest BCUT2D eigenvalue weighted by atomic mass is 14.9. The average molecular weight is 178 g/mol. The van der Waals surface area contributed by atoms with Gasteiger partial charge in [-0.2, -0.15) is 0 Å². The van der Waals surface area contributed by atoms with Gasteiger partial charge in [-0.05, 0) is 19.3 Å². The van der Waals surface area contributed by atoms with Gasteiger partial charge in [0.15, 0.2) is 0 Å². The highest BCUT2D eigenvalue weighted by Gasteiger charge is 2.32. The van der Waals surface area contributed by atoms with Gasteiger partial charge < -0.3 is 0 Å². The molecule has 1 heterocycles. The summed E-state index contributed by atoms with van der Waals surface area (Å²) in [6, 6.07) is 0. The van der Waals surface area contributed by atoms with E-state index in [2.05, 4.69) is 37.3 Å². The van der Waals surface area contributed by atoms with Gasteiger partial charge >= 0.3 is 0 Å². The lowest BCUT2D eigenvalue weighted by Gasteiger charge is -2.33. The Bertz CT molecular complexity index is 251. The highest BCUT2D eigenvalue weighted by molar-refractivity contribution is 5.79. The van der Waals surface area contributed by atoms with Crippen LogP contribution in [0.1, 0.15) is 27.2 Å². The molecule has 1 unspecified atom stereocenters. The maximum absolute atomic E-state index is 4.24. The molecule has 0 fully saturated rings. The summed E-state index contributed by atoms with van der Waals surface area (Å²) < 4.78 is 0. The molecule has 2 nitrogen and oxygen atoms in total. The van der Waals surface area contributed by atoms with Crippen molar-refractivity contribution in [2.75, 3.05) is 6.54 Å². The van der Waals surface area contributed by atoms with Crippen LogP contribution in [0.5, 0.6) is 0 Å². The Labute approximate surface area is 80.5 Å². The van der Waals surface area contributed by atoms with Crippen LogP contribution in [0.25, 0.3) is 0 Å². The summed E-state index contributed by atoms with van der Waals surface area (Å²) in [4.78, 5) is 8.39. The molecule has 1 aliphatic heterocycles. The van der Waals surface area contributed by atoms with E-state index >= 15 is 0 Å². The summed E-state index contributed by atoms with van der Waals surface area (Å²) in [6.07, 6.45) is 4.67. The van der Waals surface area contributed by atoms with E-state index in [0.717, 1.165) is 13.0 Å². The first-order chi connectivity index (χ1) is 6.07. The Balaban J connectivity index is 2.82. The molecule has 1 atom stereocenters. The number of hydrogen-bond donors (Lipinski definition) is 0. The topological polar surface area (TPSA) is 24.7 Å². The van der Waals surface area contributed by atoms with Crippen LogP contribution in [0, 0.1) is 11.3 Å². The van der Waals surface area contributed by atoms with Crippen molar-refractivity contribution in [1.29, 1.82) is 0 Å². The van der Waals surface area contributed by atoms with Crippen molar-refractivity contribution >= 4 is 12.6 Å². The summed E-state index contributed by atoms with van der Waals surface area (Å²) in [5.41, 5.74) is 1.32. The minimum absolute atomic E-state index is 0.112. The van der Waals surface area contributed by atoms with Crippen molar-refractivity contribution in [2.45, 2.75) is 27.2 Å². The van der Waals surface area contributed by atoms with Crippen LogP contribution < -0.4 is 0 Å². The summed E-state index contributed by atoms with van der Waals surface area (Å²) in [5.74, 6) is 0.561. The molecule has 0 radical (unpaired) electrons. The van der Waals surface area contributed by atoms with Crippen molar-refractivity contribution in [3.63, 3.8) is 0 Å². The van der Waals surface area contributed by atoms with Gasteiger partial charge in [0.05, 0.1) is 6.54 Å². The normalized spacial score (nSPS) is 26.8. The van der Waals surface area contributed by atoms with Crippen LogP contribution in [0.15, 0.2) is 22.1 Å². The van der Waals surface area contributed by atoms with E-state index in [9.17, 15) is 0 Å². The molecular formula is C11H18N2. The predicted molar refractivity (Wildman–Crippen MR) is 58.6 cm³/mol. The number of aliphatic imine (C=N–C) groups is 2. The second kappa shape index (κ2) is 3.86. The zero-order valence-electron chi connectivity index (χ0n) is 8.75. The van der Waals surface area contributed by atoms with Gasteiger partial charge in [0, 0.05) is 11.6 Å². The minimum Gasteiger partial charge on any atom is -0.273 e. The van der Waals surface area contributed by atoms with E-state index in [0.29, 0.717) is 5.92 Å². The molecule has 0 saturated carbocycles. The van der Waals surface area contributed by atoms with Crippen molar-refractivity contribution < 1.29 is 0 Å². The van der Waals surface area contributed by atoms with E-state index in [4.69, 9.17) is 0 Å². The summed E-state index contributed by atoms with van der Waals surface area (Å²) in [7, 11) is 0. The Morgan fingerprint density at radius 1 is 1.62 bits per heavy atom. The molecule has 1 rings (SSSR count). The molecule has 0 aliphatic carbocycles.